The van der Waals surface area contributed by atoms with E-state index in [9.17, 15) is 0 Å². The van der Waals surface area contributed by atoms with Crippen LogP contribution in [0.4, 0.5) is 0 Å². The molecule has 33 heavy (non-hydrogen) atoms. The first kappa shape index (κ1) is 29.0. The summed E-state index contributed by atoms with van der Waals surface area (Å²) in [7, 11) is 0. The van der Waals surface area contributed by atoms with E-state index in [0.717, 1.165) is 0 Å². The summed E-state index contributed by atoms with van der Waals surface area (Å²) in [4.78, 5) is 0. The average molecular weight is 527 g/mol. The minimum atomic E-state index is 0. The molecule has 0 bridgehead atoms. The molecule has 4 heteroatoms. The number of rotatable bonds is 4. The third-order valence-corrected chi connectivity index (χ3v) is 5.44. The molecule has 166 valence electrons. The van der Waals surface area contributed by atoms with Crippen molar-refractivity contribution in [1.82, 2.24) is 0 Å². The molecule has 4 aromatic carbocycles. The molecule has 0 heterocycles. The van der Waals surface area contributed by atoms with Crippen LogP contribution in [-0.4, -0.2) is 0 Å². The fourth-order valence-corrected chi connectivity index (χ4v) is 4.13. The largest absolute Gasteiger partial charge is 0.188 e. The van der Waals surface area contributed by atoms with Gasteiger partial charge in [-0.25, -0.2) is 0 Å². The standard InChI is InChI=1S/C29H21.3ClH.Ti/c1-5-13-22(14-6-1)26-21-27(23-15-7-2-8-16-23)29(25-19-11-4-12-20-25)28(26)24-17-9-3-10-18-24;;;;/h1-20,26H;3*1H;/q-1;;;;. The summed E-state index contributed by atoms with van der Waals surface area (Å²) in [5, 5.41) is 0. The third-order valence-electron chi connectivity index (χ3n) is 5.44. The molecule has 1 unspecified atom stereocenters. The van der Waals surface area contributed by atoms with Gasteiger partial charge in [0.05, 0.1) is 0 Å². The zero-order chi connectivity index (χ0) is 19.5. The van der Waals surface area contributed by atoms with E-state index in [1.165, 1.54) is 39.0 Å². The maximum Gasteiger partial charge on any atom is 0 e. The van der Waals surface area contributed by atoms with Gasteiger partial charge in [-0.3, -0.25) is 0 Å². The van der Waals surface area contributed by atoms with Gasteiger partial charge in [0, 0.05) is 21.7 Å². The van der Waals surface area contributed by atoms with Gasteiger partial charge in [-0.2, -0.15) is 11.6 Å². The number of hydrogen-bond acceptors (Lipinski definition) is 0. The Balaban J connectivity index is 0.00000136. The summed E-state index contributed by atoms with van der Waals surface area (Å²) >= 11 is 0. The normalized spacial score (nSPS) is 14.1. The first-order chi connectivity index (χ1) is 14.4. The van der Waals surface area contributed by atoms with Crippen molar-refractivity contribution in [3.63, 3.8) is 0 Å². The molecule has 0 saturated carbocycles. The molecule has 1 atom stereocenters. The number of halogens is 3. The predicted octanol–water partition coefficient (Wildman–Crippen LogP) is 8.54. The van der Waals surface area contributed by atoms with Gasteiger partial charge < -0.3 is 0 Å². The van der Waals surface area contributed by atoms with E-state index in [2.05, 4.69) is 127 Å². The van der Waals surface area contributed by atoms with Crippen LogP contribution in [0.15, 0.2) is 121 Å². The minimum absolute atomic E-state index is 0. The average Bonchev–Trinajstić information content (AvgIpc) is 3.22. The number of benzene rings is 4. The Kier molecular flexibility index (Phi) is 11.9. The first-order valence-corrected chi connectivity index (χ1v) is 10.0. The monoisotopic (exact) mass is 525 g/mol. The van der Waals surface area contributed by atoms with Crippen molar-refractivity contribution < 1.29 is 21.7 Å². The number of hydrogen-bond donors (Lipinski definition) is 0. The van der Waals surface area contributed by atoms with Gasteiger partial charge in [0.1, 0.15) is 0 Å². The van der Waals surface area contributed by atoms with Crippen molar-refractivity contribution in [2.24, 2.45) is 0 Å². The molecule has 0 nitrogen and oxygen atoms in total. The van der Waals surface area contributed by atoms with Crippen LogP contribution in [0.5, 0.6) is 0 Å². The first-order valence-electron chi connectivity index (χ1n) is 10.0. The van der Waals surface area contributed by atoms with Gasteiger partial charge >= 0.3 is 0 Å². The molecule has 0 radical (unpaired) electrons. The van der Waals surface area contributed by atoms with Gasteiger partial charge in [-0.15, -0.1) is 60.5 Å². The van der Waals surface area contributed by atoms with Gasteiger partial charge in [0.25, 0.3) is 0 Å². The van der Waals surface area contributed by atoms with Gasteiger partial charge in [0.2, 0.25) is 0 Å². The van der Waals surface area contributed by atoms with E-state index in [-0.39, 0.29) is 64.9 Å². The Labute approximate surface area is 230 Å². The van der Waals surface area contributed by atoms with Crippen LogP contribution >= 0.6 is 37.2 Å². The van der Waals surface area contributed by atoms with Gasteiger partial charge in [-0.05, 0) is 17.0 Å². The molecule has 0 fully saturated rings. The van der Waals surface area contributed by atoms with Crippen molar-refractivity contribution in [2.45, 2.75) is 5.92 Å². The molecule has 4 aromatic rings. The van der Waals surface area contributed by atoms with E-state index in [0.29, 0.717) is 0 Å². The van der Waals surface area contributed by atoms with Crippen LogP contribution in [0.1, 0.15) is 28.2 Å². The second-order valence-corrected chi connectivity index (χ2v) is 7.25. The van der Waals surface area contributed by atoms with Crippen LogP contribution in [-0.2, 0) is 21.7 Å². The van der Waals surface area contributed by atoms with Crippen molar-refractivity contribution in [2.75, 3.05) is 0 Å². The van der Waals surface area contributed by atoms with Crippen LogP contribution in [0.25, 0.3) is 16.7 Å². The quantitative estimate of drug-likeness (QED) is 0.185. The van der Waals surface area contributed by atoms with Crippen molar-refractivity contribution in [3.8, 4) is 0 Å². The number of allylic oxidation sites excluding steroid dienone is 4. The van der Waals surface area contributed by atoms with E-state index < -0.39 is 0 Å². The molecule has 5 rings (SSSR count). The Morgan fingerprint density at radius 3 is 1.33 bits per heavy atom. The topological polar surface area (TPSA) is 0 Å². The Hall–Kier alpha value is -2.06. The van der Waals surface area contributed by atoms with E-state index in [1.807, 2.05) is 0 Å². The van der Waals surface area contributed by atoms with Crippen LogP contribution in [0.2, 0.25) is 0 Å². The molecule has 1 aliphatic carbocycles. The summed E-state index contributed by atoms with van der Waals surface area (Å²) in [6, 6.07) is 42.8. The van der Waals surface area contributed by atoms with Crippen molar-refractivity contribution >= 4 is 53.9 Å². The minimum Gasteiger partial charge on any atom is -0.188 e. The predicted molar refractivity (Wildman–Crippen MR) is 144 cm³/mol. The Morgan fingerprint density at radius 2 is 0.848 bits per heavy atom. The van der Waals surface area contributed by atoms with Crippen molar-refractivity contribution in [3.05, 3.63) is 150 Å². The van der Waals surface area contributed by atoms with Gasteiger partial charge in [0.15, 0.2) is 0 Å². The summed E-state index contributed by atoms with van der Waals surface area (Å²) in [6.07, 6.45) is 3.86. The molecular weight excluding hydrogens is 503 g/mol. The summed E-state index contributed by atoms with van der Waals surface area (Å²) < 4.78 is 0. The SMILES string of the molecule is Cl.Cl.Cl.[C-]1=C(c2ccccc2)C(c2ccccc2)=C(c2ccccc2)C1c1ccccc1.[Ti]. The second kappa shape index (κ2) is 13.6. The molecule has 0 aliphatic heterocycles. The van der Waals surface area contributed by atoms with Crippen LogP contribution in [0.3, 0.4) is 0 Å². The second-order valence-electron chi connectivity index (χ2n) is 7.25. The van der Waals surface area contributed by atoms with E-state index in [4.69, 9.17) is 0 Å². The maximum absolute atomic E-state index is 3.86. The molecule has 0 N–H and O–H groups in total. The molecular formula is C29H24Cl3Ti-. The zero-order valence-corrected chi connectivity index (χ0v) is 21.9. The van der Waals surface area contributed by atoms with E-state index in [1.54, 1.807) is 0 Å². The third kappa shape index (κ3) is 6.09. The Bertz CT molecular complexity index is 1170. The van der Waals surface area contributed by atoms with E-state index >= 15 is 0 Å². The molecule has 0 spiro atoms. The fourth-order valence-electron chi connectivity index (χ4n) is 4.13. The smallest absolute Gasteiger partial charge is 0 e. The zero-order valence-electron chi connectivity index (χ0n) is 17.8. The Morgan fingerprint density at radius 1 is 0.455 bits per heavy atom. The maximum atomic E-state index is 3.86. The summed E-state index contributed by atoms with van der Waals surface area (Å²) in [6.45, 7) is 0. The van der Waals surface area contributed by atoms with Crippen LogP contribution in [0, 0.1) is 6.08 Å². The van der Waals surface area contributed by atoms with Gasteiger partial charge in [-0.1, -0.05) is 120 Å². The molecule has 0 amide bonds. The van der Waals surface area contributed by atoms with Crippen LogP contribution < -0.4 is 0 Å². The molecule has 0 aromatic heterocycles. The molecule has 1 aliphatic rings. The fraction of sp³-hybridized carbons (Fsp3) is 0.0345. The van der Waals surface area contributed by atoms with Crippen molar-refractivity contribution in [1.29, 1.82) is 0 Å². The molecule has 0 saturated heterocycles. The summed E-state index contributed by atoms with van der Waals surface area (Å²) in [5.74, 6) is 0.101. The summed E-state index contributed by atoms with van der Waals surface area (Å²) in [5.41, 5.74) is 8.74.